The maximum atomic E-state index is 13.2. The number of hydrogen-bond acceptors (Lipinski definition) is 2. The lowest BCUT2D eigenvalue weighted by molar-refractivity contribution is -0.137. The van der Waals surface area contributed by atoms with E-state index in [0.29, 0.717) is 26.7 Å². The molecule has 3 aromatic rings. The topological polar surface area (TPSA) is 32.3 Å². The van der Waals surface area contributed by atoms with Crippen LogP contribution < -0.4 is 5.32 Å². The van der Waals surface area contributed by atoms with E-state index in [9.17, 15) is 18.3 Å². The van der Waals surface area contributed by atoms with Gasteiger partial charge in [-0.25, -0.2) is 0 Å². The summed E-state index contributed by atoms with van der Waals surface area (Å²) in [6, 6.07) is 10.6. The van der Waals surface area contributed by atoms with Crippen LogP contribution in [0.2, 0.25) is 5.02 Å². The van der Waals surface area contributed by atoms with Gasteiger partial charge in [0.15, 0.2) is 0 Å². The van der Waals surface area contributed by atoms with E-state index in [1.54, 1.807) is 18.2 Å². The van der Waals surface area contributed by atoms with Crippen molar-refractivity contribution in [1.29, 1.82) is 0 Å². The van der Waals surface area contributed by atoms with Gasteiger partial charge in [0, 0.05) is 11.1 Å². The molecule has 0 saturated carbocycles. The van der Waals surface area contributed by atoms with Crippen LogP contribution in [-0.2, 0) is 6.18 Å². The third-order valence-corrected chi connectivity index (χ3v) is 5.56. The fraction of sp³-hybridized carbons (Fsp3) is 0.333. The Hall–Kier alpha value is -1.82. The molecule has 0 bridgehead atoms. The summed E-state index contributed by atoms with van der Waals surface area (Å²) in [5.41, 5.74) is -0.0680. The smallest absolute Gasteiger partial charge is 0.387 e. The van der Waals surface area contributed by atoms with Crippen molar-refractivity contribution in [3.63, 3.8) is 0 Å². The Morgan fingerprint density at radius 3 is 2.48 bits per heavy atom. The fourth-order valence-electron chi connectivity index (χ4n) is 3.95. The predicted octanol–water partition coefficient (Wildman–Crippen LogP) is 5.84. The molecule has 0 spiro atoms. The maximum Gasteiger partial charge on any atom is 0.416 e. The lowest BCUT2D eigenvalue weighted by atomic mass is 9.88. The van der Waals surface area contributed by atoms with Crippen LogP contribution in [0.25, 0.3) is 21.5 Å². The molecular formula is C21H19ClF3NO. The van der Waals surface area contributed by atoms with Crippen LogP contribution >= 0.6 is 11.6 Å². The van der Waals surface area contributed by atoms with Crippen molar-refractivity contribution in [3.8, 4) is 0 Å². The number of halogens is 4. The van der Waals surface area contributed by atoms with E-state index in [1.165, 1.54) is 6.07 Å². The molecule has 1 aliphatic rings. The number of aliphatic hydroxyl groups is 1. The van der Waals surface area contributed by atoms with Gasteiger partial charge in [-0.3, -0.25) is 0 Å². The van der Waals surface area contributed by atoms with Crippen LogP contribution in [0.15, 0.2) is 42.5 Å². The van der Waals surface area contributed by atoms with Crippen molar-refractivity contribution in [2.45, 2.75) is 37.6 Å². The Morgan fingerprint density at radius 1 is 1.00 bits per heavy atom. The van der Waals surface area contributed by atoms with Crippen molar-refractivity contribution in [2.75, 3.05) is 6.54 Å². The molecule has 6 heteroatoms. The van der Waals surface area contributed by atoms with Crippen LogP contribution in [0.1, 0.15) is 36.5 Å². The highest BCUT2D eigenvalue weighted by Crippen LogP contribution is 2.38. The number of alkyl halides is 3. The van der Waals surface area contributed by atoms with Crippen LogP contribution in [0.5, 0.6) is 0 Å². The first-order valence-electron chi connectivity index (χ1n) is 8.99. The Labute approximate surface area is 159 Å². The van der Waals surface area contributed by atoms with E-state index in [2.05, 4.69) is 5.32 Å². The van der Waals surface area contributed by atoms with Crippen LogP contribution in [0.4, 0.5) is 13.2 Å². The molecule has 4 rings (SSSR count). The Balaban J connectivity index is 1.96. The van der Waals surface area contributed by atoms with Gasteiger partial charge in [-0.1, -0.05) is 30.2 Å². The quantitative estimate of drug-likeness (QED) is 0.536. The lowest BCUT2D eigenvalue weighted by Gasteiger charge is -2.29. The third kappa shape index (κ3) is 3.51. The molecule has 2 N–H and O–H groups in total. The van der Waals surface area contributed by atoms with Crippen molar-refractivity contribution < 1.29 is 18.3 Å². The molecule has 0 amide bonds. The molecule has 2 nitrogen and oxygen atoms in total. The predicted molar refractivity (Wildman–Crippen MR) is 102 cm³/mol. The normalized spacial score (nSPS) is 19.5. The molecule has 0 aromatic heterocycles. The molecule has 142 valence electrons. The second-order valence-corrected chi connectivity index (χ2v) is 7.53. The van der Waals surface area contributed by atoms with Crippen molar-refractivity contribution in [2.24, 2.45) is 0 Å². The van der Waals surface area contributed by atoms with E-state index < -0.39 is 17.8 Å². The number of rotatable bonds is 2. The minimum atomic E-state index is -4.42. The number of fused-ring (bicyclic) bond motifs is 3. The number of nitrogens with one attached hydrogen (secondary N) is 1. The molecule has 2 atom stereocenters. The van der Waals surface area contributed by atoms with Crippen LogP contribution in [0.3, 0.4) is 0 Å². The largest absolute Gasteiger partial charge is 0.416 e. The highest BCUT2D eigenvalue weighted by Gasteiger charge is 2.31. The summed E-state index contributed by atoms with van der Waals surface area (Å²) in [5.74, 6) is 0. The van der Waals surface area contributed by atoms with Gasteiger partial charge in [-0.2, -0.15) is 13.2 Å². The van der Waals surface area contributed by atoms with Gasteiger partial charge in [0.2, 0.25) is 0 Å². The molecule has 0 unspecified atom stereocenters. The third-order valence-electron chi connectivity index (χ3n) is 5.32. The Bertz CT molecular complexity index is 996. The summed E-state index contributed by atoms with van der Waals surface area (Å²) in [4.78, 5) is 0. The molecule has 3 aromatic carbocycles. The summed E-state index contributed by atoms with van der Waals surface area (Å²) in [6.07, 6.45) is -2.31. The van der Waals surface area contributed by atoms with E-state index in [4.69, 9.17) is 11.6 Å². The zero-order valence-electron chi connectivity index (χ0n) is 14.5. The van der Waals surface area contributed by atoms with Gasteiger partial charge in [0.05, 0.1) is 11.7 Å². The Morgan fingerprint density at radius 2 is 1.78 bits per heavy atom. The average Bonchev–Trinajstić information content (AvgIpc) is 2.66. The number of piperidine rings is 1. The highest BCUT2D eigenvalue weighted by atomic mass is 35.5. The average molecular weight is 394 g/mol. The molecule has 1 heterocycles. The highest BCUT2D eigenvalue weighted by molar-refractivity contribution is 6.31. The van der Waals surface area contributed by atoms with Crippen molar-refractivity contribution >= 4 is 33.1 Å². The molecule has 1 aliphatic heterocycles. The zero-order chi connectivity index (χ0) is 19.2. The maximum absolute atomic E-state index is 13.2. The lowest BCUT2D eigenvalue weighted by Crippen LogP contribution is -2.38. The van der Waals surface area contributed by atoms with Gasteiger partial charge < -0.3 is 10.4 Å². The van der Waals surface area contributed by atoms with E-state index >= 15 is 0 Å². The first-order chi connectivity index (χ1) is 12.8. The number of hydrogen-bond donors (Lipinski definition) is 2. The Kier molecular flexibility index (Phi) is 4.78. The van der Waals surface area contributed by atoms with E-state index in [-0.39, 0.29) is 6.04 Å². The first kappa shape index (κ1) is 18.5. The van der Waals surface area contributed by atoms with Gasteiger partial charge in [-0.15, -0.1) is 0 Å². The second-order valence-electron chi connectivity index (χ2n) is 7.09. The summed E-state index contributed by atoms with van der Waals surface area (Å²) < 4.78 is 39.7. The molecule has 27 heavy (non-hydrogen) atoms. The first-order valence-corrected chi connectivity index (χ1v) is 9.37. The van der Waals surface area contributed by atoms with Crippen molar-refractivity contribution in [1.82, 2.24) is 5.32 Å². The summed E-state index contributed by atoms with van der Waals surface area (Å²) >= 11 is 6.10. The summed E-state index contributed by atoms with van der Waals surface area (Å²) in [5, 5.41) is 17.3. The second kappa shape index (κ2) is 6.97. The van der Waals surface area contributed by atoms with E-state index in [1.807, 2.05) is 6.07 Å². The number of aliphatic hydroxyl groups excluding tert-OH is 1. The monoisotopic (exact) mass is 393 g/mol. The van der Waals surface area contributed by atoms with Gasteiger partial charge in [0.1, 0.15) is 0 Å². The molecule has 0 aliphatic carbocycles. The molecular weight excluding hydrogens is 375 g/mol. The summed E-state index contributed by atoms with van der Waals surface area (Å²) in [6.45, 7) is 0.831. The SMILES string of the molecule is O[C@@H](c1cc2cc(Cl)ccc2c2cc(C(F)(F)F)ccc12)[C@@H]1CCCCN1. The summed E-state index contributed by atoms with van der Waals surface area (Å²) in [7, 11) is 0. The van der Waals surface area contributed by atoms with Gasteiger partial charge in [0.25, 0.3) is 0 Å². The van der Waals surface area contributed by atoms with Gasteiger partial charge >= 0.3 is 6.18 Å². The standard InChI is InChI=1S/C21H19ClF3NO/c22-14-5-7-15-12(9-14)10-18(20(27)19-3-1-2-8-26-19)16-6-4-13(11-17(15)16)21(23,24)25/h4-7,9-11,19-20,26-27H,1-3,8H2/t19-,20-/m0/s1. The zero-order valence-corrected chi connectivity index (χ0v) is 15.2. The van der Waals surface area contributed by atoms with Crippen LogP contribution in [0, 0.1) is 0 Å². The van der Waals surface area contributed by atoms with Crippen LogP contribution in [-0.4, -0.2) is 17.7 Å². The van der Waals surface area contributed by atoms with Crippen molar-refractivity contribution in [3.05, 3.63) is 58.6 Å². The minimum absolute atomic E-state index is 0.110. The molecule has 0 radical (unpaired) electrons. The van der Waals surface area contributed by atoms with E-state index in [0.717, 1.165) is 43.3 Å². The number of benzene rings is 3. The molecule has 1 fully saturated rings. The van der Waals surface area contributed by atoms with Gasteiger partial charge in [-0.05, 0) is 76.8 Å². The molecule has 1 saturated heterocycles. The fourth-order valence-corrected chi connectivity index (χ4v) is 4.13. The minimum Gasteiger partial charge on any atom is -0.387 e.